The third-order valence-electron chi connectivity index (χ3n) is 4.90. The molecule has 3 rings (SSSR count). The molecule has 4 heteroatoms. The fourth-order valence-electron chi connectivity index (χ4n) is 3.27. The molecular weight excluding hydrogens is 366 g/mol. The first-order valence-electron chi connectivity index (χ1n) is 8.41. The van der Waals surface area contributed by atoms with Gasteiger partial charge in [0.05, 0.1) is 6.04 Å². The summed E-state index contributed by atoms with van der Waals surface area (Å²) >= 11 is 3.40. The summed E-state index contributed by atoms with van der Waals surface area (Å²) in [5, 5.41) is 3.20. The third kappa shape index (κ3) is 3.34. The van der Waals surface area contributed by atoms with Gasteiger partial charge >= 0.3 is 0 Å². The maximum atomic E-state index is 12.7. The van der Waals surface area contributed by atoms with E-state index in [4.69, 9.17) is 4.74 Å². The minimum atomic E-state index is -0.216. The van der Waals surface area contributed by atoms with Crippen LogP contribution in [0, 0.1) is 0 Å². The fraction of sp³-hybridized carbons (Fsp3) is 0.350. The summed E-state index contributed by atoms with van der Waals surface area (Å²) in [4.78, 5) is 12.7. The van der Waals surface area contributed by atoms with Crippen LogP contribution in [0.3, 0.4) is 0 Å². The van der Waals surface area contributed by atoms with E-state index in [9.17, 15) is 4.79 Å². The number of para-hydroxylation sites is 1. The van der Waals surface area contributed by atoms with Gasteiger partial charge in [-0.15, -0.1) is 0 Å². The molecule has 1 atom stereocenters. The van der Waals surface area contributed by atoms with Gasteiger partial charge in [-0.05, 0) is 43.2 Å². The van der Waals surface area contributed by atoms with Gasteiger partial charge in [-0.2, -0.15) is 0 Å². The van der Waals surface area contributed by atoms with Crippen molar-refractivity contribution in [3.63, 3.8) is 0 Å². The molecule has 1 unspecified atom stereocenters. The Balaban J connectivity index is 1.88. The van der Waals surface area contributed by atoms with Crippen LogP contribution in [-0.2, 0) is 0 Å². The molecule has 2 aromatic carbocycles. The average Bonchev–Trinajstić information content (AvgIpc) is 2.62. The molecule has 0 radical (unpaired) electrons. The van der Waals surface area contributed by atoms with Crippen molar-refractivity contribution in [3.05, 3.63) is 64.1 Å². The second kappa shape index (κ2) is 6.98. The zero-order valence-electron chi connectivity index (χ0n) is 14.0. The lowest BCUT2D eigenvalue weighted by molar-refractivity contribution is 0.0227. The second-order valence-corrected chi connectivity index (χ2v) is 7.18. The Morgan fingerprint density at radius 1 is 1.17 bits per heavy atom. The van der Waals surface area contributed by atoms with E-state index in [0.29, 0.717) is 5.56 Å². The van der Waals surface area contributed by atoms with E-state index >= 15 is 0 Å². The van der Waals surface area contributed by atoms with Crippen LogP contribution < -0.4 is 10.1 Å². The first kappa shape index (κ1) is 17.0. The summed E-state index contributed by atoms with van der Waals surface area (Å²) in [6, 6.07) is 15.4. The molecule has 1 amide bonds. The molecule has 0 fully saturated rings. The molecule has 126 valence electrons. The van der Waals surface area contributed by atoms with Crippen molar-refractivity contribution in [3.8, 4) is 5.75 Å². The highest BCUT2D eigenvalue weighted by Gasteiger charge is 2.38. The van der Waals surface area contributed by atoms with Crippen LogP contribution in [0.1, 0.15) is 55.1 Å². The van der Waals surface area contributed by atoms with Gasteiger partial charge in [0.1, 0.15) is 11.4 Å². The first-order valence-corrected chi connectivity index (χ1v) is 9.20. The Morgan fingerprint density at radius 3 is 2.50 bits per heavy atom. The van der Waals surface area contributed by atoms with Crippen LogP contribution in [0.25, 0.3) is 0 Å². The standard InChI is InChI=1S/C20H22BrNO2/c1-3-20(4-2)13-17(16-7-5-6-8-18(16)24-20)22-19(23)14-9-11-15(21)12-10-14/h5-12,17H,3-4,13H2,1-2H3,(H,22,23). The molecule has 0 aliphatic carbocycles. The summed E-state index contributed by atoms with van der Waals surface area (Å²) in [6.07, 6.45) is 2.63. The van der Waals surface area contributed by atoms with Crippen LogP contribution in [0.4, 0.5) is 0 Å². The number of carbonyl (C=O) groups excluding carboxylic acids is 1. The number of hydrogen-bond acceptors (Lipinski definition) is 2. The summed E-state index contributed by atoms with van der Waals surface area (Å²) in [5.74, 6) is 0.832. The number of hydrogen-bond donors (Lipinski definition) is 1. The fourth-order valence-corrected chi connectivity index (χ4v) is 3.54. The van der Waals surface area contributed by atoms with Crippen LogP contribution in [0.15, 0.2) is 53.0 Å². The molecule has 0 spiro atoms. The highest BCUT2D eigenvalue weighted by molar-refractivity contribution is 9.10. The molecule has 0 bridgehead atoms. The molecule has 2 aromatic rings. The summed E-state index contributed by atoms with van der Waals surface area (Å²) < 4.78 is 7.26. The SMILES string of the molecule is CCC1(CC)CC(NC(=O)c2ccc(Br)cc2)c2ccccc2O1. The maximum absolute atomic E-state index is 12.7. The number of halogens is 1. The average molecular weight is 388 g/mol. The zero-order chi connectivity index (χ0) is 17.2. The molecule has 0 aromatic heterocycles. The van der Waals surface area contributed by atoms with Gasteiger partial charge in [0, 0.05) is 22.0 Å². The number of fused-ring (bicyclic) bond motifs is 1. The van der Waals surface area contributed by atoms with Crippen molar-refractivity contribution in [1.29, 1.82) is 0 Å². The Kier molecular flexibility index (Phi) is 4.95. The Bertz CT molecular complexity index is 723. The molecule has 24 heavy (non-hydrogen) atoms. The van der Waals surface area contributed by atoms with E-state index < -0.39 is 0 Å². The van der Waals surface area contributed by atoms with Crippen molar-refractivity contribution in [2.24, 2.45) is 0 Å². The van der Waals surface area contributed by atoms with E-state index in [1.807, 2.05) is 48.5 Å². The van der Waals surface area contributed by atoms with E-state index in [0.717, 1.165) is 35.0 Å². The maximum Gasteiger partial charge on any atom is 0.251 e. The van der Waals surface area contributed by atoms with Crippen LogP contribution in [-0.4, -0.2) is 11.5 Å². The third-order valence-corrected chi connectivity index (χ3v) is 5.43. The number of nitrogens with one attached hydrogen (secondary N) is 1. The van der Waals surface area contributed by atoms with Crippen LogP contribution in [0.2, 0.25) is 0 Å². The largest absolute Gasteiger partial charge is 0.487 e. The summed E-state index contributed by atoms with van der Waals surface area (Å²) in [7, 11) is 0. The monoisotopic (exact) mass is 387 g/mol. The number of benzene rings is 2. The van der Waals surface area contributed by atoms with Crippen molar-refractivity contribution in [1.82, 2.24) is 5.32 Å². The van der Waals surface area contributed by atoms with Gasteiger partial charge in [0.15, 0.2) is 0 Å². The van der Waals surface area contributed by atoms with E-state index in [1.165, 1.54) is 0 Å². The van der Waals surface area contributed by atoms with E-state index in [2.05, 4.69) is 35.1 Å². The predicted molar refractivity (Wildman–Crippen MR) is 99.3 cm³/mol. The first-order chi connectivity index (χ1) is 11.6. The van der Waals surface area contributed by atoms with Gasteiger partial charge in [0.25, 0.3) is 5.91 Å². The molecule has 0 saturated heterocycles. The van der Waals surface area contributed by atoms with Gasteiger partial charge in [-0.1, -0.05) is 48.0 Å². The van der Waals surface area contributed by atoms with Gasteiger partial charge < -0.3 is 10.1 Å². The Labute approximate surface area is 151 Å². The lowest BCUT2D eigenvalue weighted by Crippen LogP contribution is -2.44. The molecule has 3 nitrogen and oxygen atoms in total. The number of ether oxygens (including phenoxy) is 1. The van der Waals surface area contributed by atoms with E-state index in [-0.39, 0.29) is 17.6 Å². The molecule has 1 N–H and O–H groups in total. The quantitative estimate of drug-likeness (QED) is 0.776. The molecule has 0 saturated carbocycles. The van der Waals surface area contributed by atoms with Gasteiger partial charge in [0.2, 0.25) is 0 Å². The smallest absolute Gasteiger partial charge is 0.251 e. The van der Waals surface area contributed by atoms with Gasteiger partial charge in [-0.25, -0.2) is 0 Å². The molecular formula is C20H22BrNO2. The van der Waals surface area contributed by atoms with Crippen molar-refractivity contribution in [2.45, 2.75) is 44.8 Å². The normalized spacial score (nSPS) is 18.4. The predicted octanol–water partition coefficient (Wildman–Crippen LogP) is 5.26. The van der Waals surface area contributed by atoms with E-state index in [1.54, 1.807) is 0 Å². The molecule has 1 aliphatic heterocycles. The lowest BCUT2D eigenvalue weighted by atomic mass is 9.83. The van der Waals surface area contributed by atoms with Crippen molar-refractivity contribution in [2.75, 3.05) is 0 Å². The summed E-state index contributed by atoms with van der Waals surface area (Å²) in [5.41, 5.74) is 1.51. The van der Waals surface area contributed by atoms with Crippen LogP contribution in [0.5, 0.6) is 5.75 Å². The van der Waals surface area contributed by atoms with Crippen molar-refractivity contribution >= 4 is 21.8 Å². The van der Waals surface area contributed by atoms with Gasteiger partial charge in [-0.3, -0.25) is 4.79 Å². The topological polar surface area (TPSA) is 38.3 Å². The number of amides is 1. The highest BCUT2D eigenvalue weighted by atomic mass is 79.9. The zero-order valence-corrected chi connectivity index (χ0v) is 15.6. The molecule has 1 aliphatic rings. The Morgan fingerprint density at radius 2 is 1.83 bits per heavy atom. The lowest BCUT2D eigenvalue weighted by Gasteiger charge is -2.41. The number of rotatable bonds is 4. The minimum absolute atomic E-state index is 0.0361. The molecule has 1 heterocycles. The Hall–Kier alpha value is -1.81. The number of carbonyl (C=O) groups is 1. The highest BCUT2D eigenvalue weighted by Crippen LogP contribution is 2.42. The van der Waals surface area contributed by atoms with Crippen molar-refractivity contribution < 1.29 is 9.53 Å². The van der Waals surface area contributed by atoms with Crippen LogP contribution >= 0.6 is 15.9 Å². The minimum Gasteiger partial charge on any atom is -0.487 e. The second-order valence-electron chi connectivity index (χ2n) is 6.27. The summed E-state index contributed by atoms with van der Waals surface area (Å²) in [6.45, 7) is 4.29.